The molecule has 0 spiro atoms. The zero-order chi connectivity index (χ0) is 30.4. The summed E-state index contributed by atoms with van der Waals surface area (Å²) in [6.07, 6.45) is 4.79. The van der Waals surface area contributed by atoms with Crippen molar-refractivity contribution in [1.29, 1.82) is 0 Å². The van der Waals surface area contributed by atoms with Crippen molar-refractivity contribution in [2.45, 2.75) is 18.9 Å². The lowest BCUT2D eigenvalue weighted by Crippen LogP contribution is -2.53. The van der Waals surface area contributed by atoms with Crippen molar-refractivity contribution in [1.82, 2.24) is 19.8 Å². The lowest BCUT2D eigenvalue weighted by Gasteiger charge is -2.43. The standard InChI is InChI=1S/C29H39ClN8O4S/c1-42-27-19-22(37-11-9-21(10-12-37)38-15-13-36(14-16-38)17-18-39)7-8-26(27)33-29-31-20-23(30)28(34-29)32-24-5-3-4-6-25(24)35-43(2,40)41/h3-8,19-21,35,39H,9-18H2,1-2H3,(H2,31,32,33,34). The van der Waals surface area contributed by atoms with E-state index >= 15 is 0 Å². The largest absolute Gasteiger partial charge is 0.494 e. The molecule has 4 N–H and O–H groups in total. The Morgan fingerprint density at radius 1 is 1.00 bits per heavy atom. The molecular weight excluding hydrogens is 592 g/mol. The fourth-order valence-electron chi connectivity index (χ4n) is 5.61. The number of nitrogens with one attached hydrogen (secondary N) is 3. The minimum atomic E-state index is -3.48. The van der Waals surface area contributed by atoms with Crippen molar-refractivity contribution in [3.05, 3.63) is 53.7 Å². The molecule has 12 nitrogen and oxygen atoms in total. The maximum atomic E-state index is 11.8. The van der Waals surface area contributed by atoms with E-state index < -0.39 is 10.0 Å². The summed E-state index contributed by atoms with van der Waals surface area (Å²) in [7, 11) is -1.85. The quantitative estimate of drug-likeness (QED) is 0.248. The van der Waals surface area contributed by atoms with E-state index in [9.17, 15) is 13.5 Å². The summed E-state index contributed by atoms with van der Waals surface area (Å²) in [6.45, 7) is 7.11. The summed E-state index contributed by atoms with van der Waals surface area (Å²) < 4.78 is 31.8. The highest BCUT2D eigenvalue weighted by molar-refractivity contribution is 7.92. The zero-order valence-corrected chi connectivity index (χ0v) is 26.0. The van der Waals surface area contributed by atoms with Crippen LogP contribution in [0.2, 0.25) is 5.02 Å². The molecule has 2 fully saturated rings. The molecule has 1 aromatic heterocycles. The highest BCUT2D eigenvalue weighted by Gasteiger charge is 2.27. The molecule has 0 amide bonds. The fourth-order valence-corrected chi connectivity index (χ4v) is 6.32. The van der Waals surface area contributed by atoms with Crippen molar-refractivity contribution < 1.29 is 18.3 Å². The number of hydrogen-bond donors (Lipinski definition) is 4. The molecule has 0 atom stereocenters. The van der Waals surface area contributed by atoms with Crippen LogP contribution in [0.15, 0.2) is 48.7 Å². The third kappa shape index (κ3) is 8.18. The number of para-hydroxylation sites is 2. The maximum Gasteiger partial charge on any atom is 0.229 e. The number of piperidine rings is 1. The van der Waals surface area contributed by atoms with Gasteiger partial charge in [-0.3, -0.25) is 14.5 Å². The van der Waals surface area contributed by atoms with Gasteiger partial charge in [-0.2, -0.15) is 4.98 Å². The predicted molar refractivity (Wildman–Crippen MR) is 172 cm³/mol. The second-order valence-electron chi connectivity index (χ2n) is 10.8. The van der Waals surface area contributed by atoms with Gasteiger partial charge >= 0.3 is 0 Å². The van der Waals surface area contributed by atoms with Crippen LogP contribution >= 0.6 is 11.6 Å². The molecule has 0 aliphatic carbocycles. The molecule has 0 radical (unpaired) electrons. The Labute approximate surface area is 258 Å². The number of benzene rings is 2. The number of β-amino-alcohol motifs (C(OH)–C–C–N with tert-alkyl or cyclic N) is 1. The van der Waals surface area contributed by atoms with E-state index in [0.717, 1.165) is 70.6 Å². The zero-order valence-electron chi connectivity index (χ0n) is 24.5. The fraction of sp³-hybridized carbons (Fsp3) is 0.448. The second-order valence-corrected chi connectivity index (χ2v) is 12.9. The van der Waals surface area contributed by atoms with E-state index in [-0.39, 0.29) is 11.6 Å². The van der Waals surface area contributed by atoms with E-state index in [1.165, 1.54) is 6.20 Å². The molecular formula is C29H39ClN8O4S. The Bertz CT molecular complexity index is 1500. The minimum absolute atomic E-state index is 0.225. The number of anilines is 6. The summed E-state index contributed by atoms with van der Waals surface area (Å²) in [4.78, 5) is 16.2. The number of halogens is 1. The third-order valence-electron chi connectivity index (χ3n) is 7.82. The Morgan fingerprint density at radius 3 is 2.40 bits per heavy atom. The first-order valence-electron chi connectivity index (χ1n) is 14.4. The van der Waals surface area contributed by atoms with Crippen molar-refractivity contribution in [2.75, 3.05) is 86.0 Å². The van der Waals surface area contributed by atoms with Crippen molar-refractivity contribution >= 4 is 56.1 Å². The molecule has 3 heterocycles. The topological polar surface area (TPSA) is 135 Å². The number of aromatic nitrogens is 2. The number of nitrogens with zero attached hydrogens (tertiary/aromatic N) is 5. The molecule has 2 aliphatic heterocycles. The average molecular weight is 631 g/mol. The van der Waals surface area contributed by atoms with Crippen LogP contribution in [0.5, 0.6) is 5.75 Å². The summed E-state index contributed by atoms with van der Waals surface area (Å²) >= 11 is 6.38. The van der Waals surface area contributed by atoms with Crippen LogP contribution in [0.4, 0.5) is 34.5 Å². The molecule has 0 unspecified atom stereocenters. The maximum absolute atomic E-state index is 11.8. The monoisotopic (exact) mass is 630 g/mol. The van der Waals surface area contributed by atoms with E-state index in [2.05, 4.69) is 46.1 Å². The molecule has 2 saturated heterocycles. The predicted octanol–water partition coefficient (Wildman–Crippen LogP) is 3.58. The van der Waals surface area contributed by atoms with Gasteiger partial charge < -0.3 is 25.4 Å². The molecule has 232 valence electrons. The smallest absolute Gasteiger partial charge is 0.229 e. The van der Waals surface area contributed by atoms with E-state index in [1.807, 2.05) is 12.1 Å². The molecule has 14 heteroatoms. The van der Waals surface area contributed by atoms with E-state index in [0.29, 0.717) is 40.6 Å². The SMILES string of the molecule is COc1cc(N2CCC(N3CCN(CCO)CC3)CC2)ccc1Nc1ncc(Cl)c(Nc2ccccc2NS(C)(=O)=O)n1. The summed E-state index contributed by atoms with van der Waals surface area (Å²) in [6, 6.07) is 13.5. The molecule has 2 aromatic carbocycles. The van der Waals surface area contributed by atoms with E-state index in [4.69, 9.17) is 16.3 Å². The van der Waals surface area contributed by atoms with Crippen LogP contribution in [-0.4, -0.2) is 105 Å². The van der Waals surface area contributed by atoms with Crippen LogP contribution in [0.25, 0.3) is 0 Å². The minimum Gasteiger partial charge on any atom is -0.494 e. The summed E-state index contributed by atoms with van der Waals surface area (Å²) in [5, 5.41) is 15.8. The second kappa shape index (κ2) is 14.0. The normalized spacial score (nSPS) is 17.1. The van der Waals surface area contributed by atoms with Gasteiger partial charge in [0, 0.05) is 63.6 Å². The number of piperazine rings is 1. The number of rotatable bonds is 11. The van der Waals surface area contributed by atoms with Gasteiger partial charge in [0.2, 0.25) is 16.0 Å². The molecule has 3 aromatic rings. The van der Waals surface area contributed by atoms with Crippen LogP contribution in [0.1, 0.15) is 12.8 Å². The third-order valence-corrected chi connectivity index (χ3v) is 8.69. The van der Waals surface area contributed by atoms with Crippen LogP contribution < -0.4 is 25.0 Å². The first kappa shape index (κ1) is 31.1. The number of sulfonamides is 1. The number of ether oxygens (including phenoxy) is 1. The van der Waals surface area contributed by atoms with Gasteiger partial charge in [-0.15, -0.1) is 0 Å². The first-order chi connectivity index (χ1) is 20.7. The van der Waals surface area contributed by atoms with Gasteiger partial charge in [0.25, 0.3) is 0 Å². The summed E-state index contributed by atoms with van der Waals surface area (Å²) in [5.41, 5.74) is 2.67. The lowest BCUT2D eigenvalue weighted by atomic mass is 10.0. The lowest BCUT2D eigenvalue weighted by molar-refractivity contribution is 0.0747. The van der Waals surface area contributed by atoms with Gasteiger partial charge in [0.05, 0.1) is 43.2 Å². The average Bonchev–Trinajstić information content (AvgIpc) is 3.00. The Balaban J connectivity index is 1.23. The van der Waals surface area contributed by atoms with Crippen molar-refractivity contribution in [3.8, 4) is 5.75 Å². The van der Waals surface area contributed by atoms with Gasteiger partial charge in [0.15, 0.2) is 5.82 Å². The summed E-state index contributed by atoms with van der Waals surface area (Å²) in [5.74, 6) is 1.27. The highest BCUT2D eigenvalue weighted by atomic mass is 35.5. The molecule has 0 saturated carbocycles. The van der Waals surface area contributed by atoms with Gasteiger partial charge in [0.1, 0.15) is 10.8 Å². The number of hydrogen-bond acceptors (Lipinski definition) is 11. The van der Waals surface area contributed by atoms with Crippen molar-refractivity contribution in [2.24, 2.45) is 0 Å². The van der Waals surface area contributed by atoms with Crippen LogP contribution in [-0.2, 0) is 10.0 Å². The number of methoxy groups -OCH3 is 1. The molecule has 5 rings (SSSR count). The number of aliphatic hydroxyl groups is 1. The molecule has 43 heavy (non-hydrogen) atoms. The number of aliphatic hydroxyl groups excluding tert-OH is 1. The Kier molecular flexibility index (Phi) is 10.1. The molecule has 0 bridgehead atoms. The van der Waals surface area contributed by atoms with Gasteiger partial charge in [-0.1, -0.05) is 23.7 Å². The van der Waals surface area contributed by atoms with Crippen molar-refractivity contribution in [3.63, 3.8) is 0 Å². The van der Waals surface area contributed by atoms with Gasteiger partial charge in [-0.25, -0.2) is 13.4 Å². The van der Waals surface area contributed by atoms with E-state index in [1.54, 1.807) is 31.4 Å². The first-order valence-corrected chi connectivity index (χ1v) is 16.6. The Morgan fingerprint density at radius 2 is 1.72 bits per heavy atom. The van der Waals surface area contributed by atoms with Gasteiger partial charge in [-0.05, 0) is 37.1 Å². The highest BCUT2D eigenvalue weighted by Crippen LogP contribution is 2.34. The van der Waals surface area contributed by atoms with Crippen LogP contribution in [0.3, 0.4) is 0 Å². The van der Waals surface area contributed by atoms with Crippen LogP contribution in [0, 0.1) is 0 Å². The molecule has 2 aliphatic rings. The Hall–Kier alpha value is -3.36.